The molecular formula is C19H37F3IN5. The number of guanidine groups is 1. The van der Waals surface area contributed by atoms with Gasteiger partial charge in [-0.25, -0.2) is 0 Å². The highest BCUT2D eigenvalue weighted by Crippen LogP contribution is 2.25. The van der Waals surface area contributed by atoms with Gasteiger partial charge < -0.3 is 15.5 Å². The van der Waals surface area contributed by atoms with E-state index in [0.29, 0.717) is 18.5 Å². The van der Waals surface area contributed by atoms with Gasteiger partial charge in [-0.2, -0.15) is 13.2 Å². The molecule has 1 aliphatic carbocycles. The summed E-state index contributed by atoms with van der Waals surface area (Å²) in [6, 6.07) is 1.15. The summed E-state index contributed by atoms with van der Waals surface area (Å²) in [6.45, 7) is 4.72. The fourth-order valence-corrected chi connectivity index (χ4v) is 4.09. The Morgan fingerprint density at radius 3 is 2.32 bits per heavy atom. The van der Waals surface area contributed by atoms with E-state index in [1.165, 1.54) is 44.1 Å². The van der Waals surface area contributed by atoms with E-state index in [9.17, 15) is 13.2 Å². The molecule has 0 amide bonds. The third-order valence-corrected chi connectivity index (χ3v) is 5.51. The number of nitrogens with one attached hydrogen (secondary N) is 2. The number of piperidine rings is 1. The minimum Gasteiger partial charge on any atom is -0.357 e. The quantitative estimate of drug-likeness (QED) is 0.307. The summed E-state index contributed by atoms with van der Waals surface area (Å²) >= 11 is 0. The molecule has 2 aliphatic rings. The summed E-state index contributed by atoms with van der Waals surface area (Å²) in [5.74, 6) is 0.717. The highest BCUT2D eigenvalue weighted by molar-refractivity contribution is 14.0. The van der Waals surface area contributed by atoms with Crippen molar-refractivity contribution in [2.75, 3.05) is 46.3 Å². The largest absolute Gasteiger partial charge is 0.401 e. The summed E-state index contributed by atoms with van der Waals surface area (Å²) in [4.78, 5) is 8.36. The van der Waals surface area contributed by atoms with Gasteiger partial charge >= 0.3 is 6.18 Å². The van der Waals surface area contributed by atoms with Gasteiger partial charge in [-0.1, -0.05) is 19.3 Å². The van der Waals surface area contributed by atoms with Crippen molar-refractivity contribution >= 4 is 29.9 Å². The number of alkyl halides is 3. The number of hydrogen-bond donors (Lipinski definition) is 2. The molecule has 2 rings (SSSR count). The van der Waals surface area contributed by atoms with Crippen LogP contribution in [0.3, 0.4) is 0 Å². The molecule has 1 saturated heterocycles. The molecule has 0 aromatic rings. The summed E-state index contributed by atoms with van der Waals surface area (Å²) in [6.07, 6.45) is 4.82. The average Bonchev–Trinajstić information content (AvgIpc) is 2.62. The lowest BCUT2D eigenvalue weighted by Gasteiger charge is -2.39. The van der Waals surface area contributed by atoms with Gasteiger partial charge in [0.05, 0.1) is 13.1 Å². The second kappa shape index (κ2) is 13.1. The molecule has 0 atom stereocenters. The van der Waals surface area contributed by atoms with Gasteiger partial charge in [0, 0.05) is 38.3 Å². The fourth-order valence-electron chi connectivity index (χ4n) is 4.09. The van der Waals surface area contributed by atoms with E-state index in [2.05, 4.69) is 20.5 Å². The van der Waals surface area contributed by atoms with Gasteiger partial charge in [0.1, 0.15) is 0 Å². The van der Waals surface area contributed by atoms with Crippen LogP contribution in [0, 0.1) is 0 Å². The SMILES string of the molecule is CCNC(=NCCN(C)CC(F)(F)F)NC1CCN(C2CCCCC2)CC1.I. The second-order valence-corrected chi connectivity index (χ2v) is 7.86. The highest BCUT2D eigenvalue weighted by Gasteiger charge is 2.29. The van der Waals surface area contributed by atoms with Crippen molar-refractivity contribution in [1.82, 2.24) is 20.4 Å². The molecule has 0 spiro atoms. The maximum atomic E-state index is 12.4. The predicted molar refractivity (Wildman–Crippen MR) is 120 cm³/mol. The Morgan fingerprint density at radius 1 is 1.11 bits per heavy atom. The summed E-state index contributed by atoms with van der Waals surface area (Å²) in [5, 5.41) is 6.68. The van der Waals surface area contributed by atoms with E-state index < -0.39 is 12.7 Å². The maximum absolute atomic E-state index is 12.4. The van der Waals surface area contributed by atoms with Gasteiger partial charge in [0.2, 0.25) is 0 Å². The summed E-state index contributed by atoms with van der Waals surface area (Å²) < 4.78 is 37.1. The van der Waals surface area contributed by atoms with Crippen LogP contribution >= 0.6 is 24.0 Å². The van der Waals surface area contributed by atoms with Crippen molar-refractivity contribution in [3.63, 3.8) is 0 Å². The van der Waals surface area contributed by atoms with Crippen LogP contribution in [0.5, 0.6) is 0 Å². The monoisotopic (exact) mass is 519 g/mol. The standard InChI is InChI=1S/C19H36F3N5.HI/c1-3-23-18(24-11-14-26(2)15-19(20,21)22)25-16-9-12-27(13-10-16)17-7-5-4-6-8-17;/h16-17H,3-15H2,1-2H3,(H2,23,24,25);1H. The number of likely N-dealkylation sites (N-methyl/N-ethyl adjacent to an activating group) is 1. The molecule has 5 nitrogen and oxygen atoms in total. The second-order valence-electron chi connectivity index (χ2n) is 7.86. The Kier molecular flexibility index (Phi) is 12.0. The van der Waals surface area contributed by atoms with Crippen LogP contribution < -0.4 is 10.6 Å². The van der Waals surface area contributed by atoms with Crippen LogP contribution in [0.1, 0.15) is 51.9 Å². The number of nitrogens with zero attached hydrogens (tertiary/aromatic N) is 3. The Morgan fingerprint density at radius 2 is 1.75 bits per heavy atom. The predicted octanol–water partition coefficient (Wildman–Crippen LogP) is 3.45. The van der Waals surface area contributed by atoms with Gasteiger partial charge in [0.15, 0.2) is 5.96 Å². The zero-order valence-electron chi connectivity index (χ0n) is 17.2. The summed E-state index contributed by atoms with van der Waals surface area (Å²) in [7, 11) is 1.48. The molecular weight excluding hydrogens is 482 g/mol. The zero-order chi connectivity index (χ0) is 19.7. The van der Waals surface area contributed by atoms with Gasteiger partial charge in [-0.05, 0) is 39.7 Å². The average molecular weight is 519 g/mol. The van der Waals surface area contributed by atoms with Gasteiger partial charge in [-0.15, -0.1) is 24.0 Å². The van der Waals surface area contributed by atoms with E-state index in [0.717, 1.165) is 38.5 Å². The van der Waals surface area contributed by atoms with Gasteiger partial charge in [-0.3, -0.25) is 9.89 Å². The van der Waals surface area contributed by atoms with E-state index in [1.54, 1.807) is 0 Å². The first-order chi connectivity index (χ1) is 12.9. The maximum Gasteiger partial charge on any atom is 0.401 e. The molecule has 1 aliphatic heterocycles. The van der Waals surface area contributed by atoms with Crippen LogP contribution in [0.15, 0.2) is 4.99 Å². The van der Waals surface area contributed by atoms with E-state index in [1.807, 2.05) is 6.92 Å². The molecule has 166 valence electrons. The molecule has 0 aromatic heterocycles. The number of likely N-dealkylation sites (tertiary alicyclic amines) is 1. The van der Waals surface area contributed by atoms with E-state index in [4.69, 9.17) is 0 Å². The Bertz CT molecular complexity index is 447. The van der Waals surface area contributed by atoms with Crippen molar-refractivity contribution in [2.45, 2.75) is 70.1 Å². The van der Waals surface area contributed by atoms with Crippen LogP contribution in [-0.2, 0) is 0 Å². The molecule has 0 aromatic carbocycles. The van der Waals surface area contributed by atoms with Crippen molar-refractivity contribution in [1.29, 1.82) is 0 Å². The number of rotatable bonds is 7. The summed E-state index contributed by atoms with van der Waals surface area (Å²) in [5.41, 5.74) is 0. The number of aliphatic imine (C=N–C) groups is 1. The molecule has 0 radical (unpaired) electrons. The van der Waals surface area contributed by atoms with Crippen molar-refractivity contribution in [3.05, 3.63) is 0 Å². The topological polar surface area (TPSA) is 42.9 Å². The third-order valence-electron chi connectivity index (χ3n) is 5.51. The van der Waals surface area contributed by atoms with Crippen LogP contribution in [-0.4, -0.2) is 80.3 Å². The zero-order valence-corrected chi connectivity index (χ0v) is 19.6. The first-order valence-electron chi connectivity index (χ1n) is 10.4. The van der Waals surface area contributed by atoms with Crippen LogP contribution in [0.4, 0.5) is 13.2 Å². The Labute approximate surface area is 184 Å². The first kappa shape index (κ1) is 25.7. The van der Waals surface area contributed by atoms with Crippen molar-refractivity contribution in [3.8, 4) is 0 Å². The molecule has 9 heteroatoms. The van der Waals surface area contributed by atoms with Crippen LogP contribution in [0.2, 0.25) is 0 Å². The third kappa shape index (κ3) is 9.96. The number of halogens is 4. The Hall–Kier alpha value is -0.290. The van der Waals surface area contributed by atoms with E-state index >= 15 is 0 Å². The molecule has 1 saturated carbocycles. The normalized spacial score (nSPS) is 20.9. The molecule has 1 heterocycles. The van der Waals surface area contributed by atoms with Gasteiger partial charge in [0.25, 0.3) is 0 Å². The highest BCUT2D eigenvalue weighted by atomic mass is 127. The van der Waals surface area contributed by atoms with Crippen molar-refractivity contribution in [2.24, 2.45) is 4.99 Å². The van der Waals surface area contributed by atoms with E-state index in [-0.39, 0.29) is 30.5 Å². The smallest absolute Gasteiger partial charge is 0.357 e. The molecule has 2 N–H and O–H groups in total. The lowest BCUT2D eigenvalue weighted by atomic mass is 9.92. The fraction of sp³-hybridized carbons (Fsp3) is 0.947. The van der Waals surface area contributed by atoms with Crippen LogP contribution in [0.25, 0.3) is 0 Å². The molecule has 0 bridgehead atoms. The number of hydrogen-bond acceptors (Lipinski definition) is 3. The molecule has 0 unspecified atom stereocenters. The Balaban J connectivity index is 0.00000392. The first-order valence-corrected chi connectivity index (χ1v) is 10.4. The minimum atomic E-state index is -4.16. The molecule has 2 fully saturated rings. The van der Waals surface area contributed by atoms with Crippen molar-refractivity contribution < 1.29 is 13.2 Å². The lowest BCUT2D eigenvalue weighted by Crippen LogP contribution is -2.51. The molecule has 28 heavy (non-hydrogen) atoms. The minimum absolute atomic E-state index is 0. The lowest BCUT2D eigenvalue weighted by molar-refractivity contribution is -0.142.